The number of rotatable bonds is 4. The van der Waals surface area contributed by atoms with Crippen molar-refractivity contribution in [2.24, 2.45) is 11.7 Å². The monoisotopic (exact) mass is 212 g/mol. The van der Waals surface area contributed by atoms with Gasteiger partial charge in [-0.05, 0) is 45.6 Å². The molecule has 0 amide bonds. The number of likely N-dealkylation sites (N-methyl/N-ethyl adjacent to an activating group) is 1. The first-order valence-corrected chi connectivity index (χ1v) is 6.23. The van der Waals surface area contributed by atoms with Crippen molar-refractivity contribution in [2.45, 2.75) is 50.9 Å². The zero-order valence-corrected chi connectivity index (χ0v) is 9.98. The number of ether oxygens (including phenoxy) is 1. The topological polar surface area (TPSA) is 38.5 Å². The molecule has 3 nitrogen and oxygen atoms in total. The third-order valence-corrected chi connectivity index (χ3v) is 3.68. The summed E-state index contributed by atoms with van der Waals surface area (Å²) < 4.78 is 5.82. The van der Waals surface area contributed by atoms with Gasteiger partial charge in [0.2, 0.25) is 0 Å². The third-order valence-electron chi connectivity index (χ3n) is 3.68. The summed E-state index contributed by atoms with van der Waals surface area (Å²) in [6.07, 6.45) is 5.83. The van der Waals surface area contributed by atoms with Crippen molar-refractivity contribution in [3.8, 4) is 0 Å². The lowest BCUT2D eigenvalue weighted by Gasteiger charge is -2.35. The maximum atomic E-state index is 5.82. The van der Waals surface area contributed by atoms with Gasteiger partial charge in [0.25, 0.3) is 0 Å². The van der Waals surface area contributed by atoms with Crippen LogP contribution in [0.4, 0.5) is 0 Å². The summed E-state index contributed by atoms with van der Waals surface area (Å²) in [6, 6.07) is 0.478. The summed E-state index contributed by atoms with van der Waals surface area (Å²) in [7, 11) is 2.20. The first-order chi connectivity index (χ1) is 7.13. The fraction of sp³-hybridized carbons (Fsp3) is 1.00. The number of nitrogens with two attached hydrogens (primary N) is 1. The van der Waals surface area contributed by atoms with Gasteiger partial charge < -0.3 is 15.4 Å². The Morgan fingerprint density at radius 1 is 1.27 bits per heavy atom. The van der Waals surface area contributed by atoms with Crippen LogP contribution in [0.5, 0.6) is 0 Å². The van der Waals surface area contributed by atoms with E-state index in [1.54, 1.807) is 0 Å². The van der Waals surface area contributed by atoms with Crippen molar-refractivity contribution in [3.63, 3.8) is 0 Å². The molecule has 1 heterocycles. The van der Waals surface area contributed by atoms with Crippen molar-refractivity contribution in [3.05, 3.63) is 0 Å². The van der Waals surface area contributed by atoms with Gasteiger partial charge in [-0.1, -0.05) is 0 Å². The van der Waals surface area contributed by atoms with Crippen molar-refractivity contribution in [1.29, 1.82) is 0 Å². The second-order valence-electron chi connectivity index (χ2n) is 5.46. The molecule has 0 spiro atoms. The van der Waals surface area contributed by atoms with Crippen LogP contribution in [-0.2, 0) is 4.74 Å². The van der Waals surface area contributed by atoms with E-state index in [0.29, 0.717) is 18.2 Å². The van der Waals surface area contributed by atoms with Gasteiger partial charge in [0.1, 0.15) is 0 Å². The Kier molecular flexibility index (Phi) is 3.65. The van der Waals surface area contributed by atoms with Crippen molar-refractivity contribution < 1.29 is 4.74 Å². The summed E-state index contributed by atoms with van der Waals surface area (Å²) in [5, 5.41) is 0. The summed E-state index contributed by atoms with van der Waals surface area (Å²) in [5.41, 5.74) is 5.78. The number of nitrogens with zero attached hydrogens (tertiary/aromatic N) is 1. The Balaban J connectivity index is 1.62. The third kappa shape index (κ3) is 3.16. The predicted molar refractivity (Wildman–Crippen MR) is 61.8 cm³/mol. The molecule has 0 aromatic carbocycles. The van der Waals surface area contributed by atoms with Gasteiger partial charge in [-0.25, -0.2) is 0 Å². The molecule has 2 N–H and O–H groups in total. The van der Waals surface area contributed by atoms with Crippen molar-refractivity contribution >= 4 is 0 Å². The summed E-state index contributed by atoms with van der Waals surface area (Å²) in [4.78, 5) is 2.42. The second kappa shape index (κ2) is 4.81. The molecule has 15 heavy (non-hydrogen) atoms. The van der Waals surface area contributed by atoms with E-state index >= 15 is 0 Å². The summed E-state index contributed by atoms with van der Waals surface area (Å²) in [6.45, 7) is 4.46. The van der Waals surface area contributed by atoms with Crippen LogP contribution >= 0.6 is 0 Å². The molecule has 0 bridgehead atoms. The minimum atomic E-state index is 0.471. The van der Waals surface area contributed by atoms with Gasteiger partial charge in [0.05, 0.1) is 12.2 Å². The average Bonchev–Trinajstić information content (AvgIpc) is 2.48. The van der Waals surface area contributed by atoms with E-state index in [0.717, 1.165) is 12.5 Å². The Morgan fingerprint density at radius 3 is 2.53 bits per heavy atom. The molecule has 1 saturated carbocycles. The van der Waals surface area contributed by atoms with Crippen LogP contribution in [0.15, 0.2) is 0 Å². The zero-order chi connectivity index (χ0) is 10.8. The van der Waals surface area contributed by atoms with Crippen LogP contribution in [0.2, 0.25) is 0 Å². The molecule has 2 rings (SSSR count). The molecule has 0 aromatic heterocycles. The van der Waals surface area contributed by atoms with E-state index in [4.69, 9.17) is 10.5 Å². The molecule has 2 unspecified atom stereocenters. The fourth-order valence-corrected chi connectivity index (χ4v) is 2.82. The molecule has 88 valence electrons. The van der Waals surface area contributed by atoms with Crippen LogP contribution in [0.1, 0.15) is 32.6 Å². The van der Waals surface area contributed by atoms with Crippen molar-refractivity contribution in [1.82, 2.24) is 4.90 Å². The molecule has 1 aliphatic carbocycles. The molecule has 2 fully saturated rings. The standard InChI is InChI=1S/C12H24N2O/c1-9-3-4-12(15-9)8-14(2)7-10-5-11(13)6-10/h9-12H,3-8,13H2,1-2H3. The maximum Gasteiger partial charge on any atom is 0.0706 e. The van der Waals surface area contributed by atoms with Crippen molar-refractivity contribution in [2.75, 3.05) is 20.1 Å². The van der Waals surface area contributed by atoms with Gasteiger partial charge in [-0.15, -0.1) is 0 Å². The summed E-state index contributed by atoms with van der Waals surface area (Å²) in [5.74, 6) is 0.837. The highest BCUT2D eigenvalue weighted by Gasteiger charge is 2.28. The first kappa shape index (κ1) is 11.4. The second-order valence-corrected chi connectivity index (χ2v) is 5.46. The quantitative estimate of drug-likeness (QED) is 0.761. The Morgan fingerprint density at radius 2 is 2.00 bits per heavy atom. The number of hydrogen-bond acceptors (Lipinski definition) is 3. The van der Waals surface area contributed by atoms with E-state index < -0.39 is 0 Å². The Labute approximate surface area is 93.0 Å². The summed E-state index contributed by atoms with van der Waals surface area (Å²) >= 11 is 0. The maximum absolute atomic E-state index is 5.82. The molecule has 2 atom stereocenters. The molecule has 1 aliphatic heterocycles. The van der Waals surface area contributed by atoms with E-state index in [9.17, 15) is 0 Å². The minimum Gasteiger partial charge on any atom is -0.374 e. The fourth-order valence-electron chi connectivity index (χ4n) is 2.82. The van der Waals surface area contributed by atoms with Crippen LogP contribution in [0.25, 0.3) is 0 Å². The molecule has 1 saturated heterocycles. The SMILES string of the molecule is CC1CCC(CN(C)CC2CC(N)C2)O1. The van der Waals surface area contributed by atoms with E-state index in [1.807, 2.05) is 0 Å². The normalized spacial score (nSPS) is 40.8. The lowest BCUT2D eigenvalue weighted by molar-refractivity contribution is 0.0304. The largest absolute Gasteiger partial charge is 0.374 e. The zero-order valence-electron chi connectivity index (χ0n) is 9.98. The molecule has 3 heteroatoms. The van der Waals surface area contributed by atoms with E-state index in [2.05, 4.69) is 18.9 Å². The van der Waals surface area contributed by atoms with Gasteiger partial charge in [-0.2, -0.15) is 0 Å². The highest BCUT2D eigenvalue weighted by Crippen LogP contribution is 2.26. The molecule has 0 aromatic rings. The lowest BCUT2D eigenvalue weighted by Crippen LogP contribution is -2.43. The highest BCUT2D eigenvalue weighted by molar-refractivity contribution is 4.84. The van der Waals surface area contributed by atoms with E-state index in [1.165, 1.54) is 32.2 Å². The van der Waals surface area contributed by atoms with Gasteiger partial charge >= 0.3 is 0 Å². The molecule has 0 radical (unpaired) electrons. The molecule has 2 aliphatic rings. The predicted octanol–water partition coefficient (Wildman–Crippen LogP) is 1.22. The smallest absolute Gasteiger partial charge is 0.0706 e. The number of hydrogen-bond donors (Lipinski definition) is 1. The minimum absolute atomic E-state index is 0.471. The Bertz CT molecular complexity index is 204. The van der Waals surface area contributed by atoms with Crippen LogP contribution < -0.4 is 5.73 Å². The average molecular weight is 212 g/mol. The van der Waals surface area contributed by atoms with Crippen LogP contribution in [0, 0.1) is 5.92 Å². The first-order valence-electron chi connectivity index (χ1n) is 6.23. The van der Waals surface area contributed by atoms with Gasteiger partial charge in [0.15, 0.2) is 0 Å². The highest BCUT2D eigenvalue weighted by atomic mass is 16.5. The van der Waals surface area contributed by atoms with Gasteiger partial charge in [-0.3, -0.25) is 0 Å². The molecular formula is C12H24N2O. The Hall–Kier alpha value is -0.120. The van der Waals surface area contributed by atoms with E-state index in [-0.39, 0.29) is 0 Å². The van der Waals surface area contributed by atoms with Crippen LogP contribution in [0.3, 0.4) is 0 Å². The lowest BCUT2D eigenvalue weighted by atomic mass is 9.80. The molecular weight excluding hydrogens is 188 g/mol. The van der Waals surface area contributed by atoms with Crippen LogP contribution in [-0.4, -0.2) is 43.3 Å². The van der Waals surface area contributed by atoms with Gasteiger partial charge in [0, 0.05) is 19.1 Å².